The molecule has 2 rings (SSSR count). The number of ether oxygens (including phenoxy) is 2. The molecule has 0 spiro atoms. The standard InChI is InChI=1S/C20H29N3O3/c1-6-21-19(22-13-16-8-7-11-26-16)23-14-20(2,3)15-9-10-17(24-4)18(12-15)25-5/h7-12H,6,13-14H2,1-5H3,(H2,21,22,23). The largest absolute Gasteiger partial charge is 0.493 e. The van der Waals surface area contributed by atoms with Crippen molar-refractivity contribution in [2.75, 3.05) is 27.3 Å². The molecular weight excluding hydrogens is 330 g/mol. The second-order valence-corrected chi connectivity index (χ2v) is 6.58. The molecule has 0 saturated carbocycles. The normalized spacial score (nSPS) is 12.0. The van der Waals surface area contributed by atoms with Gasteiger partial charge in [-0.15, -0.1) is 0 Å². The zero-order chi connectivity index (χ0) is 19.0. The van der Waals surface area contributed by atoms with Crippen LogP contribution in [0.25, 0.3) is 0 Å². The average molecular weight is 359 g/mol. The third-order valence-electron chi connectivity index (χ3n) is 4.18. The van der Waals surface area contributed by atoms with E-state index in [9.17, 15) is 0 Å². The molecule has 6 heteroatoms. The summed E-state index contributed by atoms with van der Waals surface area (Å²) < 4.78 is 16.1. The van der Waals surface area contributed by atoms with E-state index >= 15 is 0 Å². The van der Waals surface area contributed by atoms with Gasteiger partial charge in [-0.05, 0) is 36.8 Å². The van der Waals surface area contributed by atoms with Gasteiger partial charge in [-0.25, -0.2) is 4.99 Å². The van der Waals surface area contributed by atoms with Crippen LogP contribution < -0.4 is 20.1 Å². The molecule has 2 aromatic rings. The summed E-state index contributed by atoms with van der Waals surface area (Å²) in [6, 6.07) is 9.81. The van der Waals surface area contributed by atoms with Gasteiger partial charge in [-0.1, -0.05) is 19.9 Å². The minimum Gasteiger partial charge on any atom is -0.493 e. The van der Waals surface area contributed by atoms with E-state index in [0.29, 0.717) is 13.1 Å². The lowest BCUT2D eigenvalue weighted by molar-refractivity contribution is 0.353. The van der Waals surface area contributed by atoms with Crippen LogP contribution in [0.2, 0.25) is 0 Å². The molecule has 0 radical (unpaired) electrons. The highest BCUT2D eigenvalue weighted by molar-refractivity contribution is 5.79. The zero-order valence-electron chi connectivity index (χ0n) is 16.3. The van der Waals surface area contributed by atoms with Crippen molar-refractivity contribution in [3.05, 3.63) is 47.9 Å². The summed E-state index contributed by atoms with van der Waals surface area (Å²) in [5.41, 5.74) is 1.03. The van der Waals surface area contributed by atoms with Gasteiger partial charge in [0.2, 0.25) is 0 Å². The van der Waals surface area contributed by atoms with Crippen molar-refractivity contribution in [2.24, 2.45) is 4.99 Å². The monoisotopic (exact) mass is 359 g/mol. The highest BCUT2D eigenvalue weighted by Crippen LogP contribution is 2.32. The molecule has 0 bridgehead atoms. The number of nitrogens with zero attached hydrogens (tertiary/aromatic N) is 1. The molecule has 0 unspecified atom stereocenters. The molecule has 0 atom stereocenters. The third kappa shape index (κ3) is 5.18. The zero-order valence-corrected chi connectivity index (χ0v) is 16.3. The average Bonchev–Trinajstić information content (AvgIpc) is 3.17. The Kier molecular flexibility index (Phi) is 6.95. The van der Waals surface area contributed by atoms with Crippen molar-refractivity contribution in [3.63, 3.8) is 0 Å². The first-order valence-electron chi connectivity index (χ1n) is 8.77. The maximum absolute atomic E-state index is 5.42. The first kappa shape index (κ1) is 19.7. The van der Waals surface area contributed by atoms with Gasteiger partial charge in [0.05, 0.1) is 20.5 Å². The van der Waals surface area contributed by atoms with E-state index in [1.807, 2.05) is 31.2 Å². The van der Waals surface area contributed by atoms with Gasteiger partial charge in [0.25, 0.3) is 0 Å². The third-order valence-corrected chi connectivity index (χ3v) is 4.18. The second-order valence-electron chi connectivity index (χ2n) is 6.58. The molecule has 0 aliphatic carbocycles. The van der Waals surface area contributed by atoms with E-state index in [4.69, 9.17) is 13.9 Å². The number of hydrogen-bond acceptors (Lipinski definition) is 4. The van der Waals surface area contributed by atoms with Crippen LogP contribution in [0.3, 0.4) is 0 Å². The Bertz CT molecular complexity index is 709. The fourth-order valence-corrected chi connectivity index (χ4v) is 2.57. The van der Waals surface area contributed by atoms with E-state index in [-0.39, 0.29) is 5.41 Å². The molecule has 0 saturated heterocycles. The number of furan rings is 1. The van der Waals surface area contributed by atoms with Crippen LogP contribution in [-0.2, 0) is 12.0 Å². The van der Waals surface area contributed by atoms with Crippen LogP contribution in [0.4, 0.5) is 0 Å². The number of guanidine groups is 1. The van der Waals surface area contributed by atoms with Crippen LogP contribution >= 0.6 is 0 Å². The van der Waals surface area contributed by atoms with Crippen LogP contribution in [0.15, 0.2) is 46.0 Å². The van der Waals surface area contributed by atoms with Crippen LogP contribution in [-0.4, -0.2) is 33.3 Å². The Morgan fingerprint density at radius 2 is 1.88 bits per heavy atom. The second kappa shape index (κ2) is 9.17. The number of aliphatic imine (C=N–C) groups is 1. The molecule has 6 nitrogen and oxygen atoms in total. The lowest BCUT2D eigenvalue weighted by atomic mass is 9.84. The maximum Gasteiger partial charge on any atom is 0.191 e. The van der Waals surface area contributed by atoms with Gasteiger partial charge in [0.1, 0.15) is 12.3 Å². The lowest BCUT2D eigenvalue weighted by Gasteiger charge is -2.27. The first-order chi connectivity index (χ1) is 12.5. The first-order valence-corrected chi connectivity index (χ1v) is 8.77. The quantitative estimate of drug-likeness (QED) is 0.559. The summed E-state index contributed by atoms with van der Waals surface area (Å²) in [5, 5.41) is 6.68. The minimum atomic E-state index is -0.125. The fourth-order valence-electron chi connectivity index (χ4n) is 2.57. The van der Waals surface area contributed by atoms with Crippen LogP contribution in [0.1, 0.15) is 32.1 Å². The van der Waals surface area contributed by atoms with Crippen molar-refractivity contribution >= 4 is 5.96 Å². The van der Waals surface area contributed by atoms with E-state index < -0.39 is 0 Å². The Morgan fingerprint density at radius 3 is 2.50 bits per heavy atom. The summed E-state index contributed by atoms with van der Waals surface area (Å²) in [5.74, 6) is 3.06. The van der Waals surface area contributed by atoms with Gasteiger partial charge in [-0.3, -0.25) is 0 Å². The molecule has 2 N–H and O–H groups in total. The molecule has 1 heterocycles. The predicted octanol–water partition coefficient (Wildman–Crippen LogP) is 3.33. The summed E-state index contributed by atoms with van der Waals surface area (Å²) in [6.07, 6.45) is 1.66. The van der Waals surface area contributed by atoms with Crippen LogP contribution in [0, 0.1) is 0 Å². The molecule has 0 amide bonds. The van der Waals surface area contributed by atoms with Gasteiger partial charge < -0.3 is 24.5 Å². The molecule has 0 fully saturated rings. The minimum absolute atomic E-state index is 0.125. The van der Waals surface area contributed by atoms with E-state index in [1.54, 1.807) is 20.5 Å². The topological polar surface area (TPSA) is 68.0 Å². The highest BCUT2D eigenvalue weighted by atomic mass is 16.5. The van der Waals surface area contributed by atoms with Crippen molar-refractivity contribution in [3.8, 4) is 11.5 Å². The number of nitrogens with one attached hydrogen (secondary N) is 2. The van der Waals surface area contributed by atoms with Gasteiger partial charge >= 0.3 is 0 Å². The van der Waals surface area contributed by atoms with Gasteiger partial charge in [0.15, 0.2) is 17.5 Å². The maximum atomic E-state index is 5.42. The summed E-state index contributed by atoms with van der Waals surface area (Å²) in [6.45, 7) is 8.41. The lowest BCUT2D eigenvalue weighted by Crippen LogP contribution is -2.43. The van der Waals surface area contributed by atoms with E-state index in [2.05, 4.69) is 35.5 Å². The summed E-state index contributed by atoms with van der Waals surface area (Å²) in [4.78, 5) is 4.57. The van der Waals surface area contributed by atoms with Gasteiger partial charge in [0, 0.05) is 18.5 Å². The van der Waals surface area contributed by atoms with E-state index in [1.165, 1.54) is 0 Å². The summed E-state index contributed by atoms with van der Waals surface area (Å²) >= 11 is 0. The predicted molar refractivity (Wildman–Crippen MR) is 104 cm³/mol. The Balaban J connectivity index is 2.07. The molecule has 142 valence electrons. The number of benzene rings is 1. The molecule has 1 aromatic carbocycles. The molecule has 0 aliphatic rings. The molecule has 26 heavy (non-hydrogen) atoms. The van der Waals surface area contributed by atoms with Crippen LogP contribution in [0.5, 0.6) is 11.5 Å². The number of rotatable bonds is 8. The Morgan fingerprint density at radius 1 is 1.12 bits per heavy atom. The Labute approximate surface area is 155 Å². The number of hydrogen-bond donors (Lipinski definition) is 2. The molecule has 0 aliphatic heterocycles. The summed E-state index contributed by atoms with van der Waals surface area (Å²) in [7, 11) is 3.29. The number of methoxy groups -OCH3 is 2. The van der Waals surface area contributed by atoms with Crippen molar-refractivity contribution in [1.29, 1.82) is 0 Å². The SMILES string of the molecule is CCNC(=NCc1ccco1)NCC(C)(C)c1ccc(OC)c(OC)c1. The molecule has 1 aromatic heterocycles. The highest BCUT2D eigenvalue weighted by Gasteiger charge is 2.22. The van der Waals surface area contributed by atoms with Crippen molar-refractivity contribution in [2.45, 2.75) is 32.7 Å². The van der Waals surface area contributed by atoms with Gasteiger partial charge in [-0.2, -0.15) is 0 Å². The smallest absolute Gasteiger partial charge is 0.191 e. The fraction of sp³-hybridized carbons (Fsp3) is 0.450. The Hall–Kier alpha value is -2.63. The van der Waals surface area contributed by atoms with E-state index in [0.717, 1.165) is 35.3 Å². The van der Waals surface area contributed by atoms with Crippen molar-refractivity contribution < 1.29 is 13.9 Å². The molecular formula is C20H29N3O3. The van der Waals surface area contributed by atoms with Crippen molar-refractivity contribution in [1.82, 2.24) is 10.6 Å².